The second-order valence-corrected chi connectivity index (χ2v) is 6.91. The van der Waals surface area contributed by atoms with Crippen molar-refractivity contribution in [2.24, 2.45) is 0 Å². The van der Waals surface area contributed by atoms with E-state index >= 15 is 0 Å². The Kier molecular flexibility index (Phi) is 5.64. The van der Waals surface area contributed by atoms with Crippen LogP contribution >= 0.6 is 23.2 Å². The number of carbonyl (C=O) groups excluding carboxylic acids is 1. The number of aromatic nitrogens is 2. The number of aryl methyl sites for hydroxylation is 1. The third-order valence-corrected chi connectivity index (χ3v) is 4.92. The molecule has 0 aliphatic heterocycles. The lowest BCUT2D eigenvalue weighted by Gasteiger charge is -2.18. The van der Waals surface area contributed by atoms with Gasteiger partial charge in [0, 0.05) is 18.6 Å². The van der Waals surface area contributed by atoms with Crippen molar-refractivity contribution in [3.05, 3.63) is 87.2 Å². The molecule has 0 N–H and O–H groups in total. The highest BCUT2D eigenvalue weighted by molar-refractivity contribution is 6.33. The lowest BCUT2D eigenvalue weighted by atomic mass is 10.2. The molecular weight excluding hydrogens is 369 g/mol. The van der Waals surface area contributed by atoms with E-state index in [-0.39, 0.29) is 5.91 Å². The second-order valence-electron chi connectivity index (χ2n) is 6.15. The number of halogens is 2. The van der Waals surface area contributed by atoms with Gasteiger partial charge in [0.05, 0.1) is 17.8 Å². The number of hydrogen-bond donors (Lipinski definition) is 0. The first-order valence-corrected chi connectivity index (χ1v) is 8.98. The average Bonchev–Trinajstić information content (AvgIpc) is 2.90. The molecule has 3 aromatic rings. The van der Waals surface area contributed by atoms with E-state index in [1.54, 1.807) is 23.6 Å². The highest BCUT2D eigenvalue weighted by atomic mass is 35.5. The van der Waals surface area contributed by atoms with Crippen molar-refractivity contribution >= 4 is 29.1 Å². The number of hydrogen-bond acceptors (Lipinski definition) is 2. The van der Waals surface area contributed by atoms with Gasteiger partial charge in [0.15, 0.2) is 0 Å². The summed E-state index contributed by atoms with van der Waals surface area (Å²) >= 11 is 12.7. The van der Waals surface area contributed by atoms with Gasteiger partial charge in [-0.3, -0.25) is 4.79 Å². The molecule has 4 nitrogen and oxygen atoms in total. The Bertz CT molecular complexity index is 922. The Labute approximate surface area is 163 Å². The maximum absolute atomic E-state index is 12.9. The molecule has 134 valence electrons. The molecule has 0 fully saturated rings. The molecule has 1 heterocycles. The SMILES string of the molecule is Cc1nn(Cc2ccccc2)c(Cl)c1C(=O)N(C)Cc1ccccc1Cl. The molecule has 3 rings (SSSR count). The summed E-state index contributed by atoms with van der Waals surface area (Å²) in [5.74, 6) is -0.174. The zero-order chi connectivity index (χ0) is 18.7. The molecule has 1 amide bonds. The van der Waals surface area contributed by atoms with Gasteiger partial charge in [0.1, 0.15) is 5.15 Å². The van der Waals surface area contributed by atoms with Gasteiger partial charge in [-0.1, -0.05) is 71.7 Å². The fourth-order valence-corrected chi connectivity index (χ4v) is 3.31. The first kappa shape index (κ1) is 18.5. The van der Waals surface area contributed by atoms with E-state index in [1.807, 2.05) is 54.6 Å². The Balaban J connectivity index is 1.82. The van der Waals surface area contributed by atoms with Gasteiger partial charge in [-0.2, -0.15) is 5.10 Å². The highest BCUT2D eigenvalue weighted by Crippen LogP contribution is 2.24. The van der Waals surface area contributed by atoms with Gasteiger partial charge in [0.2, 0.25) is 0 Å². The molecule has 0 radical (unpaired) electrons. The summed E-state index contributed by atoms with van der Waals surface area (Å²) in [4.78, 5) is 14.5. The van der Waals surface area contributed by atoms with Crippen LogP contribution in [0.3, 0.4) is 0 Å². The molecule has 0 unspecified atom stereocenters. The minimum atomic E-state index is -0.174. The summed E-state index contributed by atoms with van der Waals surface area (Å²) in [5, 5.41) is 5.43. The van der Waals surface area contributed by atoms with Gasteiger partial charge in [-0.25, -0.2) is 4.68 Å². The van der Waals surface area contributed by atoms with Crippen LogP contribution in [0.2, 0.25) is 10.2 Å². The van der Waals surface area contributed by atoms with Crippen molar-refractivity contribution < 1.29 is 4.79 Å². The molecule has 1 aromatic heterocycles. The first-order valence-electron chi connectivity index (χ1n) is 8.23. The van der Waals surface area contributed by atoms with Crippen molar-refractivity contribution in [2.75, 3.05) is 7.05 Å². The van der Waals surface area contributed by atoms with Crippen LogP contribution in [0.1, 0.15) is 27.2 Å². The lowest BCUT2D eigenvalue weighted by Crippen LogP contribution is -2.27. The summed E-state index contributed by atoms with van der Waals surface area (Å²) in [6.07, 6.45) is 0. The fourth-order valence-electron chi connectivity index (χ4n) is 2.80. The maximum Gasteiger partial charge on any atom is 0.258 e. The number of nitrogens with zero attached hydrogens (tertiary/aromatic N) is 3. The van der Waals surface area contributed by atoms with Crippen molar-refractivity contribution in [1.82, 2.24) is 14.7 Å². The molecular formula is C20H19Cl2N3O. The maximum atomic E-state index is 12.9. The Hall–Kier alpha value is -2.30. The molecule has 2 aromatic carbocycles. The van der Waals surface area contributed by atoms with Gasteiger partial charge >= 0.3 is 0 Å². The molecule has 0 spiro atoms. The number of benzene rings is 2. The molecule has 0 saturated heterocycles. The van der Waals surface area contributed by atoms with E-state index in [9.17, 15) is 4.79 Å². The normalized spacial score (nSPS) is 10.8. The standard InChI is InChI=1S/C20H19Cl2N3O/c1-14-18(19(22)25(23-14)12-15-8-4-3-5-9-15)20(26)24(2)13-16-10-6-7-11-17(16)21/h3-11H,12-13H2,1-2H3. The van der Waals surface area contributed by atoms with E-state index in [2.05, 4.69) is 5.10 Å². The minimum absolute atomic E-state index is 0.174. The van der Waals surface area contributed by atoms with Crippen molar-refractivity contribution in [3.8, 4) is 0 Å². The minimum Gasteiger partial charge on any atom is -0.337 e. The fraction of sp³-hybridized carbons (Fsp3) is 0.200. The number of rotatable bonds is 5. The Morgan fingerprint density at radius 1 is 1.08 bits per heavy atom. The van der Waals surface area contributed by atoms with Crippen LogP contribution in [0.5, 0.6) is 0 Å². The highest BCUT2D eigenvalue weighted by Gasteiger charge is 2.23. The molecule has 26 heavy (non-hydrogen) atoms. The summed E-state index contributed by atoms with van der Waals surface area (Å²) < 4.78 is 1.66. The lowest BCUT2D eigenvalue weighted by molar-refractivity contribution is 0.0784. The van der Waals surface area contributed by atoms with E-state index in [4.69, 9.17) is 23.2 Å². The van der Waals surface area contributed by atoms with E-state index in [1.165, 1.54) is 0 Å². The predicted octanol–water partition coefficient (Wildman–Crippen LogP) is 4.82. The summed E-state index contributed by atoms with van der Waals surface area (Å²) in [7, 11) is 1.73. The second kappa shape index (κ2) is 7.94. The third-order valence-electron chi connectivity index (χ3n) is 4.17. The van der Waals surface area contributed by atoms with Crippen LogP contribution in [0.25, 0.3) is 0 Å². The summed E-state index contributed by atoms with van der Waals surface area (Å²) in [5.41, 5.74) is 3.00. The van der Waals surface area contributed by atoms with Crippen molar-refractivity contribution in [2.45, 2.75) is 20.0 Å². The van der Waals surface area contributed by atoms with E-state index in [0.717, 1.165) is 11.1 Å². The van der Waals surface area contributed by atoms with Crippen LogP contribution in [-0.4, -0.2) is 27.6 Å². The van der Waals surface area contributed by atoms with E-state index in [0.29, 0.717) is 34.5 Å². The van der Waals surface area contributed by atoms with E-state index < -0.39 is 0 Å². The zero-order valence-corrected chi connectivity index (χ0v) is 16.1. The van der Waals surface area contributed by atoms with Crippen molar-refractivity contribution in [3.63, 3.8) is 0 Å². The molecule has 0 bridgehead atoms. The predicted molar refractivity (Wildman–Crippen MR) is 105 cm³/mol. The van der Waals surface area contributed by atoms with Gasteiger partial charge < -0.3 is 4.90 Å². The van der Waals surface area contributed by atoms with Gasteiger partial charge in [-0.15, -0.1) is 0 Å². The molecule has 0 atom stereocenters. The van der Waals surface area contributed by atoms with Crippen LogP contribution < -0.4 is 0 Å². The topological polar surface area (TPSA) is 38.1 Å². The smallest absolute Gasteiger partial charge is 0.258 e. The van der Waals surface area contributed by atoms with Crippen LogP contribution in [0.15, 0.2) is 54.6 Å². The first-order chi connectivity index (χ1) is 12.5. The monoisotopic (exact) mass is 387 g/mol. The zero-order valence-electron chi connectivity index (χ0n) is 14.6. The quantitative estimate of drug-likeness (QED) is 0.629. The molecule has 0 aliphatic rings. The summed E-state index contributed by atoms with van der Waals surface area (Å²) in [6.45, 7) is 2.71. The average molecular weight is 388 g/mol. The third kappa shape index (κ3) is 3.92. The number of amides is 1. The number of carbonyl (C=O) groups is 1. The molecule has 0 aliphatic carbocycles. The molecule has 6 heteroatoms. The van der Waals surface area contributed by atoms with Crippen LogP contribution in [-0.2, 0) is 13.1 Å². The summed E-state index contributed by atoms with van der Waals surface area (Å²) in [6, 6.07) is 17.4. The largest absolute Gasteiger partial charge is 0.337 e. The Morgan fingerprint density at radius 3 is 2.42 bits per heavy atom. The van der Waals surface area contributed by atoms with Crippen LogP contribution in [0.4, 0.5) is 0 Å². The molecule has 0 saturated carbocycles. The van der Waals surface area contributed by atoms with Crippen molar-refractivity contribution in [1.29, 1.82) is 0 Å². The Morgan fingerprint density at radius 2 is 1.73 bits per heavy atom. The van der Waals surface area contributed by atoms with Gasteiger partial charge in [0.25, 0.3) is 5.91 Å². The van der Waals surface area contributed by atoms with Gasteiger partial charge in [-0.05, 0) is 24.1 Å². The van der Waals surface area contributed by atoms with Crippen LogP contribution in [0, 0.1) is 6.92 Å².